The smallest absolute Gasteiger partial charge is 0.338 e. The van der Waals surface area contributed by atoms with E-state index in [4.69, 9.17) is 0 Å². The highest BCUT2D eigenvalue weighted by Gasteiger charge is 2.24. The second-order valence-corrected chi connectivity index (χ2v) is 6.94. The maximum absolute atomic E-state index is 11.9. The van der Waals surface area contributed by atoms with E-state index in [1.807, 2.05) is 6.92 Å². The van der Waals surface area contributed by atoms with Crippen LogP contribution in [0.1, 0.15) is 60.6 Å². The summed E-state index contributed by atoms with van der Waals surface area (Å²) in [6, 6.07) is 3.55. The Kier molecular flexibility index (Phi) is 4.17. The summed E-state index contributed by atoms with van der Waals surface area (Å²) >= 11 is 3.29. The van der Waals surface area contributed by atoms with Gasteiger partial charge in [-0.2, -0.15) is 0 Å². The van der Waals surface area contributed by atoms with Crippen LogP contribution >= 0.6 is 15.9 Å². The predicted molar refractivity (Wildman–Crippen MR) is 87.5 cm³/mol. The van der Waals surface area contributed by atoms with E-state index in [1.165, 1.54) is 31.7 Å². The molecule has 1 heterocycles. The Hall–Kier alpha value is -1.49. The van der Waals surface area contributed by atoms with Gasteiger partial charge in [-0.25, -0.2) is 4.79 Å². The summed E-state index contributed by atoms with van der Waals surface area (Å²) in [5, 5.41) is 22.0. The molecule has 118 valence electrons. The Morgan fingerprint density at radius 3 is 2.50 bits per heavy atom. The summed E-state index contributed by atoms with van der Waals surface area (Å²) in [5.41, 5.74) is 1.88. The lowest BCUT2D eigenvalue weighted by Gasteiger charge is -2.21. The molecule has 0 atom stereocenters. The summed E-state index contributed by atoms with van der Waals surface area (Å²) < 4.78 is 2.64. The fraction of sp³-hybridized carbons (Fsp3) is 0.471. The van der Waals surface area contributed by atoms with Crippen molar-refractivity contribution in [2.24, 2.45) is 0 Å². The number of hydrogen-bond acceptors (Lipinski definition) is 2. The minimum atomic E-state index is -0.961. The van der Waals surface area contributed by atoms with Crippen LogP contribution in [0, 0.1) is 6.92 Å². The van der Waals surface area contributed by atoms with E-state index in [0.717, 1.165) is 24.1 Å². The van der Waals surface area contributed by atoms with Gasteiger partial charge in [0.25, 0.3) is 0 Å². The maximum Gasteiger partial charge on any atom is 0.338 e. The number of hydrogen-bond donors (Lipinski definition) is 1. The fourth-order valence-corrected chi connectivity index (χ4v) is 4.03. The second-order valence-electron chi connectivity index (χ2n) is 6.08. The number of aromatic nitrogens is 1. The highest BCUT2D eigenvalue weighted by molar-refractivity contribution is 9.10. The van der Waals surface area contributed by atoms with Crippen molar-refractivity contribution in [3.8, 4) is 5.75 Å². The number of nitrogens with zero attached hydrogens (tertiary/aromatic N) is 1. The molecule has 0 bridgehead atoms. The van der Waals surface area contributed by atoms with Crippen LogP contribution in [0.5, 0.6) is 5.75 Å². The van der Waals surface area contributed by atoms with Crippen LogP contribution in [0.2, 0.25) is 0 Å². The predicted octanol–water partition coefficient (Wildman–Crippen LogP) is 4.38. The molecule has 0 spiro atoms. The molecule has 0 aliphatic heterocycles. The quantitative estimate of drug-likeness (QED) is 0.804. The van der Waals surface area contributed by atoms with Gasteiger partial charge >= 0.3 is 5.97 Å². The molecule has 5 heteroatoms. The van der Waals surface area contributed by atoms with Crippen LogP contribution in [0.15, 0.2) is 16.6 Å². The fourth-order valence-electron chi connectivity index (χ4n) is 3.69. The Bertz CT molecular complexity index is 727. The molecule has 22 heavy (non-hydrogen) atoms. The Labute approximate surface area is 137 Å². The van der Waals surface area contributed by atoms with Crippen LogP contribution in [0.25, 0.3) is 10.9 Å². The van der Waals surface area contributed by atoms with E-state index in [2.05, 4.69) is 20.5 Å². The van der Waals surface area contributed by atoms with E-state index in [0.29, 0.717) is 15.9 Å². The molecule has 1 fully saturated rings. The first-order chi connectivity index (χ1) is 10.5. The molecule has 1 aromatic carbocycles. The van der Waals surface area contributed by atoms with Gasteiger partial charge in [0.15, 0.2) is 0 Å². The number of fused-ring (bicyclic) bond motifs is 1. The van der Waals surface area contributed by atoms with Crippen molar-refractivity contribution in [2.75, 3.05) is 0 Å². The van der Waals surface area contributed by atoms with Gasteiger partial charge in [-0.1, -0.05) is 53.4 Å². The zero-order valence-corrected chi connectivity index (χ0v) is 14.1. The lowest BCUT2D eigenvalue weighted by atomic mass is 10.1. The second kappa shape index (κ2) is 5.95. The number of aromatic carboxylic acids is 1. The van der Waals surface area contributed by atoms with Crippen molar-refractivity contribution in [1.82, 2.24) is 4.57 Å². The first-order valence-corrected chi connectivity index (χ1v) is 8.54. The third kappa shape index (κ3) is 2.51. The van der Waals surface area contributed by atoms with Crippen molar-refractivity contribution in [3.63, 3.8) is 0 Å². The lowest BCUT2D eigenvalue weighted by Crippen LogP contribution is -2.11. The molecule has 0 radical (unpaired) electrons. The van der Waals surface area contributed by atoms with Crippen molar-refractivity contribution < 1.29 is 15.0 Å². The summed E-state index contributed by atoms with van der Waals surface area (Å²) in [7, 11) is 0. The van der Waals surface area contributed by atoms with Gasteiger partial charge in [0.1, 0.15) is 0 Å². The van der Waals surface area contributed by atoms with Crippen LogP contribution in [0.3, 0.4) is 0 Å². The van der Waals surface area contributed by atoms with Crippen LogP contribution in [-0.2, 0) is 0 Å². The highest BCUT2D eigenvalue weighted by Crippen LogP contribution is 2.38. The SMILES string of the molecule is Cc1c(C(=O)O)c2cc([O-])c(Br)cc2n1C1CCCCCC1. The zero-order chi connectivity index (χ0) is 15.9. The number of carboxylic acids is 1. The Balaban J connectivity index is 2.26. The monoisotopic (exact) mass is 364 g/mol. The Morgan fingerprint density at radius 2 is 1.91 bits per heavy atom. The van der Waals surface area contributed by atoms with Crippen molar-refractivity contribution in [3.05, 3.63) is 27.9 Å². The minimum absolute atomic E-state index is 0.173. The lowest BCUT2D eigenvalue weighted by molar-refractivity contribution is -0.269. The maximum atomic E-state index is 11.9. The van der Waals surface area contributed by atoms with Crippen molar-refractivity contribution in [1.29, 1.82) is 0 Å². The average molecular weight is 365 g/mol. The van der Waals surface area contributed by atoms with Gasteiger partial charge in [0, 0.05) is 21.6 Å². The summed E-state index contributed by atoms with van der Waals surface area (Å²) in [4.78, 5) is 11.7. The summed E-state index contributed by atoms with van der Waals surface area (Å²) in [6.07, 6.45) is 6.98. The third-order valence-corrected chi connectivity index (χ3v) is 5.33. The largest absolute Gasteiger partial charge is 0.872 e. The first kappa shape index (κ1) is 15.4. The normalized spacial score (nSPS) is 16.8. The van der Waals surface area contributed by atoms with Gasteiger partial charge in [-0.3, -0.25) is 0 Å². The molecule has 1 aliphatic carbocycles. The van der Waals surface area contributed by atoms with E-state index >= 15 is 0 Å². The van der Waals surface area contributed by atoms with Gasteiger partial charge in [-0.15, -0.1) is 0 Å². The Morgan fingerprint density at radius 1 is 1.27 bits per heavy atom. The van der Waals surface area contributed by atoms with E-state index in [1.54, 1.807) is 6.07 Å². The number of carboxylic acid groups (broad SMARTS) is 1. The average Bonchev–Trinajstić information content (AvgIpc) is 2.64. The molecule has 0 saturated heterocycles. The zero-order valence-electron chi connectivity index (χ0n) is 12.6. The van der Waals surface area contributed by atoms with Crippen LogP contribution in [0.4, 0.5) is 0 Å². The van der Waals surface area contributed by atoms with Gasteiger partial charge in [0.2, 0.25) is 0 Å². The highest BCUT2D eigenvalue weighted by atomic mass is 79.9. The standard InChI is InChI=1S/C17H20BrNO3/c1-10-16(17(21)22)12-8-15(20)13(18)9-14(12)19(10)11-6-4-2-3-5-7-11/h8-9,11,20H,2-7H2,1H3,(H,21,22)/p-1. The molecule has 1 aromatic heterocycles. The van der Waals surface area contributed by atoms with Crippen molar-refractivity contribution in [2.45, 2.75) is 51.5 Å². The molecule has 1 N–H and O–H groups in total. The molecular formula is C17H19BrNO3-. The molecule has 4 nitrogen and oxygen atoms in total. The topological polar surface area (TPSA) is 65.3 Å². The first-order valence-electron chi connectivity index (χ1n) is 7.75. The number of carbonyl (C=O) groups is 1. The third-order valence-electron chi connectivity index (χ3n) is 4.71. The number of benzene rings is 1. The number of halogens is 1. The molecule has 0 unspecified atom stereocenters. The van der Waals surface area contributed by atoms with Crippen molar-refractivity contribution >= 4 is 32.8 Å². The van der Waals surface area contributed by atoms with E-state index in [-0.39, 0.29) is 11.3 Å². The summed E-state index contributed by atoms with van der Waals surface area (Å²) in [6.45, 7) is 1.85. The molecular weight excluding hydrogens is 346 g/mol. The summed E-state index contributed by atoms with van der Waals surface area (Å²) in [5.74, 6) is -1.13. The molecule has 1 aliphatic rings. The van der Waals surface area contributed by atoms with E-state index < -0.39 is 5.97 Å². The molecule has 3 rings (SSSR count). The molecule has 2 aromatic rings. The van der Waals surface area contributed by atoms with Gasteiger partial charge in [-0.05, 0) is 25.8 Å². The van der Waals surface area contributed by atoms with Gasteiger partial charge < -0.3 is 14.8 Å². The van der Waals surface area contributed by atoms with Gasteiger partial charge in [0.05, 0.1) is 11.1 Å². The molecule has 0 amide bonds. The van der Waals surface area contributed by atoms with E-state index in [9.17, 15) is 15.0 Å². The minimum Gasteiger partial charge on any atom is -0.872 e. The van der Waals surface area contributed by atoms with Crippen LogP contribution in [-0.4, -0.2) is 15.6 Å². The van der Waals surface area contributed by atoms with Crippen LogP contribution < -0.4 is 5.11 Å². The number of rotatable bonds is 2. The molecule has 1 saturated carbocycles.